The van der Waals surface area contributed by atoms with Gasteiger partial charge in [-0.15, -0.1) is 0 Å². The molecule has 0 aliphatic heterocycles. The smallest absolute Gasteiger partial charge is 0.0320 e. The maximum atomic E-state index is 5.91. The number of nitrogen functional groups attached to an aromatic ring is 1. The Bertz CT molecular complexity index is 788. The normalized spacial score (nSPS) is 11.3. The molecule has 0 fully saturated rings. The SMILES string of the molecule is CCCCCCCCc1ccc2cc3ccc(N)cc3cc2c1. The minimum atomic E-state index is 0.833. The summed E-state index contributed by atoms with van der Waals surface area (Å²) in [5.74, 6) is 0. The molecule has 2 N–H and O–H groups in total. The zero-order valence-corrected chi connectivity index (χ0v) is 14.1. The summed E-state index contributed by atoms with van der Waals surface area (Å²) in [6.07, 6.45) is 9.32. The third-order valence-electron chi connectivity index (χ3n) is 4.70. The van der Waals surface area contributed by atoms with Crippen molar-refractivity contribution in [2.75, 3.05) is 5.73 Å². The molecule has 0 atom stereocenters. The first-order valence-corrected chi connectivity index (χ1v) is 8.98. The lowest BCUT2D eigenvalue weighted by molar-refractivity contribution is 0.607. The number of aryl methyl sites for hydroxylation is 1. The van der Waals surface area contributed by atoms with Gasteiger partial charge < -0.3 is 5.73 Å². The third kappa shape index (κ3) is 4.04. The summed E-state index contributed by atoms with van der Waals surface area (Å²) in [7, 11) is 0. The minimum Gasteiger partial charge on any atom is -0.399 e. The summed E-state index contributed by atoms with van der Waals surface area (Å²) < 4.78 is 0. The van der Waals surface area contributed by atoms with Gasteiger partial charge in [0.2, 0.25) is 0 Å². The maximum absolute atomic E-state index is 5.91. The van der Waals surface area contributed by atoms with Crippen molar-refractivity contribution in [1.29, 1.82) is 0 Å². The Morgan fingerprint density at radius 1 is 0.652 bits per heavy atom. The van der Waals surface area contributed by atoms with Crippen LogP contribution in [0.1, 0.15) is 51.0 Å². The van der Waals surface area contributed by atoms with Crippen LogP contribution in [0.3, 0.4) is 0 Å². The molecule has 0 saturated carbocycles. The van der Waals surface area contributed by atoms with Gasteiger partial charge >= 0.3 is 0 Å². The van der Waals surface area contributed by atoms with Crippen LogP contribution < -0.4 is 5.73 Å². The minimum absolute atomic E-state index is 0.833. The second-order valence-electron chi connectivity index (χ2n) is 6.66. The van der Waals surface area contributed by atoms with Crippen molar-refractivity contribution in [1.82, 2.24) is 0 Å². The Kier molecular flexibility index (Phi) is 5.17. The molecular weight excluding hydrogens is 278 g/mol. The van der Waals surface area contributed by atoms with Gasteiger partial charge in [0, 0.05) is 5.69 Å². The molecule has 0 heterocycles. The molecule has 0 saturated heterocycles. The van der Waals surface area contributed by atoms with E-state index in [1.54, 1.807) is 0 Å². The predicted octanol–water partition coefficient (Wildman–Crippen LogP) is 6.48. The van der Waals surface area contributed by atoms with Crippen LogP contribution >= 0.6 is 0 Å². The van der Waals surface area contributed by atoms with Crippen LogP contribution in [0.15, 0.2) is 48.5 Å². The summed E-state index contributed by atoms with van der Waals surface area (Å²) in [4.78, 5) is 0. The topological polar surface area (TPSA) is 26.0 Å². The van der Waals surface area contributed by atoms with E-state index in [0.717, 1.165) is 5.69 Å². The van der Waals surface area contributed by atoms with Crippen LogP contribution in [0, 0.1) is 0 Å². The van der Waals surface area contributed by atoms with E-state index in [1.165, 1.54) is 72.1 Å². The number of hydrogen-bond donors (Lipinski definition) is 1. The van der Waals surface area contributed by atoms with Gasteiger partial charge in [0.15, 0.2) is 0 Å². The Balaban J connectivity index is 1.71. The highest BCUT2D eigenvalue weighted by Crippen LogP contribution is 2.26. The average molecular weight is 305 g/mol. The zero-order valence-electron chi connectivity index (χ0n) is 14.1. The molecule has 0 bridgehead atoms. The van der Waals surface area contributed by atoms with Crippen molar-refractivity contribution in [3.63, 3.8) is 0 Å². The van der Waals surface area contributed by atoms with Gasteiger partial charge in [0.25, 0.3) is 0 Å². The van der Waals surface area contributed by atoms with Crippen molar-refractivity contribution in [2.24, 2.45) is 0 Å². The van der Waals surface area contributed by atoms with Crippen LogP contribution in [0.5, 0.6) is 0 Å². The summed E-state index contributed by atoms with van der Waals surface area (Å²) in [5.41, 5.74) is 8.20. The Morgan fingerprint density at radius 2 is 1.30 bits per heavy atom. The number of anilines is 1. The molecule has 0 spiro atoms. The van der Waals surface area contributed by atoms with Crippen LogP contribution in [-0.4, -0.2) is 0 Å². The number of hydrogen-bond acceptors (Lipinski definition) is 1. The molecule has 3 aromatic rings. The maximum Gasteiger partial charge on any atom is 0.0320 e. The second kappa shape index (κ2) is 7.50. The van der Waals surface area contributed by atoms with Crippen LogP contribution in [-0.2, 0) is 6.42 Å². The molecule has 3 rings (SSSR count). The Morgan fingerprint density at radius 3 is 2.13 bits per heavy atom. The van der Waals surface area contributed by atoms with Crippen molar-refractivity contribution < 1.29 is 0 Å². The van der Waals surface area contributed by atoms with Crippen molar-refractivity contribution in [3.05, 3.63) is 54.1 Å². The summed E-state index contributed by atoms with van der Waals surface area (Å²) >= 11 is 0. The van der Waals surface area contributed by atoms with Gasteiger partial charge in [-0.3, -0.25) is 0 Å². The number of rotatable bonds is 7. The molecule has 3 aromatic carbocycles. The highest BCUT2D eigenvalue weighted by Gasteiger charge is 2.01. The molecule has 0 aromatic heterocycles. The number of fused-ring (bicyclic) bond motifs is 2. The van der Waals surface area contributed by atoms with Gasteiger partial charge in [0.1, 0.15) is 0 Å². The molecule has 0 unspecified atom stereocenters. The lowest BCUT2D eigenvalue weighted by Crippen LogP contribution is -1.88. The van der Waals surface area contributed by atoms with E-state index in [2.05, 4.69) is 49.4 Å². The van der Waals surface area contributed by atoms with Crippen LogP contribution in [0.4, 0.5) is 5.69 Å². The largest absolute Gasteiger partial charge is 0.399 e. The van der Waals surface area contributed by atoms with Crippen LogP contribution in [0.25, 0.3) is 21.5 Å². The van der Waals surface area contributed by atoms with Crippen molar-refractivity contribution in [2.45, 2.75) is 51.9 Å². The van der Waals surface area contributed by atoms with E-state index in [9.17, 15) is 0 Å². The molecule has 1 heteroatoms. The van der Waals surface area contributed by atoms with E-state index >= 15 is 0 Å². The van der Waals surface area contributed by atoms with E-state index in [0.29, 0.717) is 0 Å². The van der Waals surface area contributed by atoms with Gasteiger partial charge in [0.05, 0.1) is 0 Å². The number of unbranched alkanes of at least 4 members (excludes halogenated alkanes) is 5. The fourth-order valence-electron chi connectivity index (χ4n) is 3.33. The fourth-order valence-corrected chi connectivity index (χ4v) is 3.33. The highest BCUT2D eigenvalue weighted by molar-refractivity contribution is 5.99. The molecule has 0 aliphatic rings. The summed E-state index contributed by atoms with van der Waals surface area (Å²) in [5, 5.41) is 5.13. The number of benzene rings is 3. The standard InChI is InChI=1S/C22H27N/c1-2-3-4-5-6-7-8-17-9-10-18-14-19-11-12-22(23)16-21(19)15-20(18)13-17/h9-16H,2-8,23H2,1H3. The Labute approximate surface area is 139 Å². The monoisotopic (exact) mass is 305 g/mol. The second-order valence-corrected chi connectivity index (χ2v) is 6.66. The van der Waals surface area contributed by atoms with E-state index in [-0.39, 0.29) is 0 Å². The van der Waals surface area contributed by atoms with Crippen LogP contribution in [0.2, 0.25) is 0 Å². The molecule has 0 aliphatic carbocycles. The summed E-state index contributed by atoms with van der Waals surface area (Å²) in [6, 6.07) is 17.6. The van der Waals surface area contributed by atoms with Gasteiger partial charge in [-0.1, -0.05) is 63.3 Å². The van der Waals surface area contributed by atoms with E-state index in [1.807, 2.05) is 6.07 Å². The van der Waals surface area contributed by atoms with Gasteiger partial charge in [-0.05, 0) is 64.2 Å². The average Bonchev–Trinajstić information content (AvgIpc) is 2.56. The lowest BCUT2D eigenvalue weighted by atomic mass is 9.99. The third-order valence-corrected chi connectivity index (χ3v) is 4.70. The first-order chi connectivity index (χ1) is 11.3. The van der Waals surface area contributed by atoms with E-state index < -0.39 is 0 Å². The molecule has 1 nitrogen and oxygen atoms in total. The fraction of sp³-hybridized carbons (Fsp3) is 0.364. The number of nitrogens with two attached hydrogens (primary N) is 1. The highest BCUT2D eigenvalue weighted by atomic mass is 14.5. The predicted molar refractivity (Wildman–Crippen MR) is 103 cm³/mol. The first-order valence-electron chi connectivity index (χ1n) is 8.98. The Hall–Kier alpha value is -2.02. The van der Waals surface area contributed by atoms with E-state index in [4.69, 9.17) is 5.73 Å². The molecule has 120 valence electrons. The van der Waals surface area contributed by atoms with Gasteiger partial charge in [-0.2, -0.15) is 0 Å². The molecule has 23 heavy (non-hydrogen) atoms. The zero-order chi connectivity index (χ0) is 16.1. The molecule has 0 radical (unpaired) electrons. The van der Waals surface area contributed by atoms with Crippen molar-refractivity contribution >= 4 is 27.2 Å². The molecule has 0 amide bonds. The first kappa shape index (κ1) is 15.9. The van der Waals surface area contributed by atoms with Gasteiger partial charge in [-0.25, -0.2) is 0 Å². The quantitative estimate of drug-likeness (QED) is 0.302. The van der Waals surface area contributed by atoms with Crippen molar-refractivity contribution in [3.8, 4) is 0 Å². The summed E-state index contributed by atoms with van der Waals surface area (Å²) in [6.45, 7) is 2.27. The molecular formula is C22H27N. The lowest BCUT2D eigenvalue weighted by Gasteiger charge is -2.07.